The van der Waals surface area contributed by atoms with Gasteiger partial charge >= 0.3 is 13.8 Å². The number of hydrogen-bond donors (Lipinski definition) is 3. The molecule has 0 saturated carbocycles. The molecule has 240 valence electrons. The van der Waals surface area contributed by atoms with Gasteiger partial charge in [-0.25, -0.2) is 19.4 Å². The van der Waals surface area contributed by atoms with Crippen LogP contribution in [0.4, 0.5) is 11.5 Å². The first-order valence-corrected chi connectivity index (χ1v) is 16.1. The van der Waals surface area contributed by atoms with Crippen molar-refractivity contribution in [2.24, 2.45) is 0 Å². The predicted octanol–water partition coefficient (Wildman–Crippen LogP) is 4.55. The summed E-state index contributed by atoms with van der Waals surface area (Å²) < 4.78 is 30.4. The van der Waals surface area contributed by atoms with E-state index in [1.165, 1.54) is 22.9 Å². The van der Waals surface area contributed by atoms with Crippen LogP contribution >= 0.6 is 19.4 Å². The smallest absolute Gasteiger partial charge is 0.390 e. The predicted molar refractivity (Wildman–Crippen MR) is 168 cm³/mol. The summed E-state index contributed by atoms with van der Waals surface area (Å²) in [7, 11) is -4.97. The van der Waals surface area contributed by atoms with Crippen LogP contribution in [0.15, 0.2) is 79.1 Å². The third-order valence-electron chi connectivity index (χ3n) is 7.45. The first kappa shape index (κ1) is 31.8. The van der Waals surface area contributed by atoms with Gasteiger partial charge in [0.1, 0.15) is 17.8 Å². The molecule has 0 bridgehead atoms. The summed E-state index contributed by atoms with van der Waals surface area (Å²) in [5, 5.41) is 13.6. The van der Waals surface area contributed by atoms with Crippen molar-refractivity contribution in [2.45, 2.75) is 44.4 Å². The Bertz CT molecular complexity index is 1910. The number of nitrogens with zero attached hydrogens (tertiary/aromatic N) is 5. The molecule has 1 aliphatic heterocycles. The maximum absolute atomic E-state index is 13.3. The first-order valence-electron chi connectivity index (χ1n) is 14.2. The molecule has 5 atom stereocenters. The normalized spacial score (nSPS) is 20.0. The lowest BCUT2D eigenvalue weighted by molar-refractivity contribution is -0.140. The van der Waals surface area contributed by atoms with Gasteiger partial charge in [0.05, 0.1) is 31.3 Å². The van der Waals surface area contributed by atoms with Gasteiger partial charge in [0.25, 0.3) is 0 Å². The zero-order valence-corrected chi connectivity index (χ0v) is 26.1. The molecule has 3 aromatic carbocycles. The summed E-state index contributed by atoms with van der Waals surface area (Å²) in [5.41, 5.74) is 7.86. The number of nitrogens with two attached hydrogens (primary N) is 1. The van der Waals surface area contributed by atoms with Gasteiger partial charge in [0.2, 0.25) is 5.28 Å². The van der Waals surface area contributed by atoms with Crippen LogP contribution in [0.2, 0.25) is 5.28 Å². The number of halogens is 1. The summed E-state index contributed by atoms with van der Waals surface area (Å²) in [4.78, 5) is 42.1. The van der Waals surface area contributed by atoms with E-state index in [9.17, 15) is 19.4 Å². The number of phosphoric ester groups is 1. The van der Waals surface area contributed by atoms with Crippen molar-refractivity contribution in [2.75, 3.05) is 17.4 Å². The van der Waals surface area contributed by atoms with Crippen LogP contribution in [-0.4, -0.2) is 60.3 Å². The number of carbonyl (C=O) groups excluding carboxylic acids is 1. The van der Waals surface area contributed by atoms with Crippen LogP contribution < -0.4 is 10.8 Å². The number of phosphoric acid groups is 1. The molecular weight excluding hydrogens is 639 g/mol. The Morgan fingerprint density at radius 2 is 1.89 bits per heavy atom. The highest BCUT2D eigenvalue weighted by molar-refractivity contribution is 7.48. The molecule has 2 aromatic heterocycles. The van der Waals surface area contributed by atoms with Crippen molar-refractivity contribution in [1.29, 1.82) is 0 Å². The van der Waals surface area contributed by atoms with E-state index in [2.05, 4.69) is 15.0 Å². The second kappa shape index (κ2) is 13.3. The third-order valence-corrected chi connectivity index (χ3v) is 8.51. The molecule has 0 amide bonds. The van der Waals surface area contributed by atoms with Gasteiger partial charge in [-0.2, -0.15) is 9.97 Å². The third kappa shape index (κ3) is 6.83. The Kier molecular flexibility index (Phi) is 9.20. The van der Waals surface area contributed by atoms with Gasteiger partial charge in [0.15, 0.2) is 17.5 Å². The molecule has 0 radical (unpaired) electrons. The molecule has 1 unspecified atom stereocenters. The van der Waals surface area contributed by atoms with Crippen molar-refractivity contribution in [3.63, 3.8) is 0 Å². The van der Waals surface area contributed by atoms with E-state index in [1.807, 2.05) is 66.7 Å². The lowest BCUT2D eigenvalue weighted by atomic mass is 10.1. The number of ether oxygens (including phenoxy) is 1. The molecule has 3 heterocycles. The van der Waals surface area contributed by atoms with Gasteiger partial charge in [-0.15, -0.1) is 0 Å². The summed E-state index contributed by atoms with van der Waals surface area (Å²) in [6, 6.07) is 21.2. The van der Waals surface area contributed by atoms with Gasteiger partial charge < -0.3 is 20.1 Å². The summed E-state index contributed by atoms with van der Waals surface area (Å²) in [6.07, 6.45) is -1.42. The quantitative estimate of drug-likeness (QED) is 0.101. The maximum Gasteiger partial charge on any atom is 0.529 e. The Morgan fingerprint density at radius 3 is 2.70 bits per heavy atom. The summed E-state index contributed by atoms with van der Waals surface area (Å²) >= 11 is 5.94. The Balaban J connectivity index is 1.13. The van der Waals surface area contributed by atoms with E-state index in [0.29, 0.717) is 11.2 Å². The maximum atomic E-state index is 13.3. The van der Waals surface area contributed by atoms with E-state index in [4.69, 9.17) is 36.0 Å². The molecule has 5 aromatic rings. The highest BCUT2D eigenvalue weighted by Crippen LogP contribution is 2.45. The Morgan fingerprint density at radius 1 is 1.15 bits per heavy atom. The highest BCUT2D eigenvalue weighted by atomic mass is 35.5. The number of hydroxylamine groups is 1. The molecule has 16 heteroatoms. The number of hydrogen-bond acceptors (Lipinski definition) is 12. The number of carbonyl (C=O) groups is 1. The first-order chi connectivity index (χ1) is 22.1. The van der Waals surface area contributed by atoms with E-state index < -0.39 is 44.9 Å². The second-order valence-electron chi connectivity index (χ2n) is 10.6. The molecule has 0 spiro atoms. The lowest BCUT2D eigenvalue weighted by Crippen LogP contribution is -2.40. The average Bonchev–Trinajstić information content (AvgIpc) is 3.63. The number of aromatic nitrogens is 4. The number of aliphatic hydroxyl groups is 1. The largest absolute Gasteiger partial charge is 0.529 e. The molecule has 1 aliphatic rings. The molecule has 6 rings (SSSR count). The van der Waals surface area contributed by atoms with Crippen molar-refractivity contribution >= 4 is 58.8 Å². The van der Waals surface area contributed by atoms with Crippen molar-refractivity contribution in [3.05, 3.63) is 90.0 Å². The minimum Gasteiger partial charge on any atom is -0.390 e. The van der Waals surface area contributed by atoms with Crippen molar-refractivity contribution in [1.82, 2.24) is 19.5 Å². The van der Waals surface area contributed by atoms with Crippen LogP contribution in [0, 0.1) is 0 Å². The molecule has 1 fully saturated rings. The van der Waals surface area contributed by atoms with Crippen molar-refractivity contribution < 1.29 is 38.0 Å². The minimum absolute atomic E-state index is 0.0757. The number of rotatable bonds is 11. The number of nitrogen functional groups attached to an aromatic ring is 1. The summed E-state index contributed by atoms with van der Waals surface area (Å²) in [6.45, 7) is 1.04. The van der Waals surface area contributed by atoms with E-state index >= 15 is 0 Å². The fourth-order valence-electron chi connectivity index (χ4n) is 5.15. The zero-order valence-electron chi connectivity index (χ0n) is 24.4. The van der Waals surface area contributed by atoms with E-state index in [-0.39, 0.29) is 29.8 Å². The fourth-order valence-corrected chi connectivity index (χ4v) is 6.08. The van der Waals surface area contributed by atoms with Gasteiger partial charge in [0, 0.05) is 11.8 Å². The van der Waals surface area contributed by atoms with Crippen molar-refractivity contribution in [3.8, 4) is 0 Å². The SMILES string of the molecule is C[C@@H](C(=O)OP(=O)(O)OC[C@H]1O[C@@H](n2cnc3c(N)nc(Cl)nc32)C[C@@H]1O)N(OCc1ccccc1)c1cccc2ccccc12. The zero-order chi connectivity index (χ0) is 32.4. The Labute approximate surface area is 267 Å². The van der Waals surface area contributed by atoms with Crippen LogP contribution in [0.1, 0.15) is 25.1 Å². The number of imidazole rings is 1. The minimum atomic E-state index is -4.97. The standard InChI is InChI=1S/C30H30ClN6O8P/c1-18(37(42-15-19-8-3-2-4-9-19)22-13-7-11-20-10-5-6-12-21(20)22)29(39)45-46(40,41)43-16-24-23(38)14-25(44-24)36-17-33-26-27(32)34-30(31)35-28(26)36/h2-13,17-18,23-25,38H,14-16H2,1H3,(H,40,41)(H2,32,34,35)/t18-,23-,24+,25+/m0/s1. The van der Waals surface area contributed by atoms with Crippen LogP contribution in [0.5, 0.6) is 0 Å². The number of anilines is 2. The van der Waals surface area contributed by atoms with Crippen LogP contribution in [-0.2, 0) is 34.6 Å². The molecule has 14 nitrogen and oxygen atoms in total. The molecule has 0 aliphatic carbocycles. The Hall–Kier alpha value is -4.14. The fraction of sp³-hybridized carbons (Fsp3) is 0.267. The highest BCUT2D eigenvalue weighted by Gasteiger charge is 2.40. The summed E-state index contributed by atoms with van der Waals surface area (Å²) in [5.74, 6) is -0.995. The van der Waals surface area contributed by atoms with Crippen LogP contribution in [0.3, 0.4) is 0 Å². The van der Waals surface area contributed by atoms with Gasteiger partial charge in [-0.1, -0.05) is 66.7 Å². The topological polar surface area (TPSA) is 184 Å². The molecule has 46 heavy (non-hydrogen) atoms. The molecule has 4 N–H and O–H groups in total. The lowest BCUT2D eigenvalue weighted by Gasteiger charge is -2.30. The average molecular weight is 669 g/mol. The number of aliphatic hydroxyl groups excluding tert-OH is 1. The van der Waals surface area contributed by atoms with Crippen LogP contribution in [0.25, 0.3) is 21.9 Å². The van der Waals surface area contributed by atoms with Gasteiger partial charge in [-0.3, -0.25) is 18.8 Å². The van der Waals surface area contributed by atoms with E-state index in [1.54, 1.807) is 6.07 Å². The second-order valence-corrected chi connectivity index (χ2v) is 12.3. The number of fused-ring (bicyclic) bond motifs is 2. The van der Waals surface area contributed by atoms with E-state index in [0.717, 1.165) is 16.3 Å². The molecule has 1 saturated heterocycles. The van der Waals surface area contributed by atoms with Gasteiger partial charge in [-0.05, 0) is 35.5 Å². The monoisotopic (exact) mass is 668 g/mol. The molecular formula is C30H30ClN6O8P. The number of benzene rings is 3.